The minimum Gasteiger partial charge on any atom is -0.490 e. The highest BCUT2D eigenvalue weighted by Crippen LogP contribution is 2.25. The zero-order valence-electron chi connectivity index (χ0n) is 20.2. The first-order valence-electron chi connectivity index (χ1n) is 11.2. The number of oxime groups is 1. The van der Waals surface area contributed by atoms with Gasteiger partial charge in [-0.3, -0.25) is 4.79 Å². The van der Waals surface area contributed by atoms with E-state index in [1.165, 1.54) is 12.1 Å². The minimum absolute atomic E-state index is 0.0161. The summed E-state index contributed by atoms with van der Waals surface area (Å²) in [7, 11) is 1.87. The second kappa shape index (κ2) is 11.2. The highest BCUT2D eigenvalue weighted by Gasteiger charge is 2.16. The van der Waals surface area contributed by atoms with Gasteiger partial charge in [0.2, 0.25) is 0 Å². The van der Waals surface area contributed by atoms with Crippen LogP contribution in [0.25, 0.3) is 10.9 Å². The maximum Gasteiger partial charge on any atom is 0.365 e. The van der Waals surface area contributed by atoms with Crippen LogP contribution >= 0.6 is 0 Å². The van der Waals surface area contributed by atoms with Crippen molar-refractivity contribution >= 4 is 28.7 Å². The Morgan fingerprint density at radius 2 is 1.97 bits per heavy atom. The van der Waals surface area contributed by atoms with Crippen molar-refractivity contribution in [2.45, 2.75) is 39.7 Å². The predicted octanol–water partition coefficient (Wildman–Crippen LogP) is 3.81. The lowest BCUT2D eigenvalue weighted by Gasteiger charge is -2.11. The first kappa shape index (κ1) is 25.3. The lowest BCUT2D eigenvalue weighted by atomic mass is 10.0. The van der Waals surface area contributed by atoms with E-state index in [4.69, 9.17) is 20.0 Å². The topological polar surface area (TPSA) is 129 Å². The van der Waals surface area contributed by atoms with Gasteiger partial charge in [0.25, 0.3) is 0 Å². The Labute approximate surface area is 203 Å². The van der Waals surface area contributed by atoms with E-state index >= 15 is 0 Å². The van der Waals surface area contributed by atoms with Crippen molar-refractivity contribution in [1.82, 2.24) is 4.57 Å². The number of hydrogen-bond donors (Lipinski definition) is 1. The number of nitriles is 1. The Morgan fingerprint density at radius 1 is 1.20 bits per heavy atom. The van der Waals surface area contributed by atoms with E-state index in [0.717, 1.165) is 16.5 Å². The number of rotatable bonds is 9. The molecular formula is C26H28N4O5. The molecule has 0 aliphatic rings. The first-order valence-corrected chi connectivity index (χ1v) is 11.2. The van der Waals surface area contributed by atoms with Crippen LogP contribution in [0, 0.1) is 11.3 Å². The summed E-state index contributed by atoms with van der Waals surface area (Å²) in [6.07, 6.45) is 2.55. The summed E-state index contributed by atoms with van der Waals surface area (Å²) in [6.45, 7) is 5.81. The third kappa shape index (κ3) is 5.98. The van der Waals surface area contributed by atoms with Crippen LogP contribution in [0.15, 0.2) is 47.8 Å². The predicted molar refractivity (Wildman–Crippen MR) is 131 cm³/mol. The molecule has 0 radical (unpaired) electrons. The van der Waals surface area contributed by atoms with Crippen molar-refractivity contribution in [3.63, 3.8) is 0 Å². The van der Waals surface area contributed by atoms with Crippen molar-refractivity contribution in [1.29, 1.82) is 5.26 Å². The van der Waals surface area contributed by atoms with Gasteiger partial charge in [-0.1, -0.05) is 11.2 Å². The summed E-state index contributed by atoms with van der Waals surface area (Å²) < 4.78 is 12.5. The largest absolute Gasteiger partial charge is 0.490 e. The van der Waals surface area contributed by atoms with Gasteiger partial charge in [0.15, 0.2) is 5.84 Å². The molecule has 3 rings (SSSR count). The van der Waals surface area contributed by atoms with Gasteiger partial charge in [-0.15, -0.1) is 0 Å². The van der Waals surface area contributed by atoms with Gasteiger partial charge in [0, 0.05) is 30.6 Å². The number of carbonyl (C=O) groups excluding carboxylic acids is 2. The molecule has 9 nitrogen and oxygen atoms in total. The average Bonchev–Trinajstić information content (AvgIpc) is 3.22. The second-order valence-electron chi connectivity index (χ2n) is 8.11. The quantitative estimate of drug-likeness (QED) is 0.163. The van der Waals surface area contributed by atoms with Crippen molar-refractivity contribution < 1.29 is 23.9 Å². The number of aromatic nitrogens is 1. The number of nitrogens with zero attached hydrogens (tertiary/aromatic N) is 3. The van der Waals surface area contributed by atoms with Crippen LogP contribution in [-0.4, -0.2) is 35.1 Å². The van der Waals surface area contributed by atoms with Crippen molar-refractivity contribution in [3.05, 3.63) is 64.8 Å². The third-order valence-corrected chi connectivity index (χ3v) is 5.23. The van der Waals surface area contributed by atoms with E-state index in [-0.39, 0.29) is 35.5 Å². The number of benzene rings is 2. The highest BCUT2D eigenvalue weighted by atomic mass is 16.7. The van der Waals surface area contributed by atoms with Gasteiger partial charge < -0.3 is 24.6 Å². The van der Waals surface area contributed by atoms with Crippen LogP contribution in [0.4, 0.5) is 0 Å². The number of aryl methyl sites for hydroxylation is 2. The van der Waals surface area contributed by atoms with E-state index < -0.39 is 5.97 Å². The Morgan fingerprint density at radius 3 is 2.66 bits per heavy atom. The molecule has 0 unspecified atom stereocenters. The molecule has 2 aromatic carbocycles. The summed E-state index contributed by atoms with van der Waals surface area (Å²) in [5, 5.41) is 14.1. The van der Waals surface area contributed by atoms with E-state index in [1.54, 1.807) is 19.1 Å². The monoisotopic (exact) mass is 476 g/mol. The SMILES string of the molecule is CCOC(=O)CCc1ccc(C(N)=NOC(=O)c2ccc(OC(C)C)c(C#N)c2)c2c1ccn2C. The number of esters is 1. The molecule has 0 aliphatic heterocycles. The molecule has 0 atom stereocenters. The fourth-order valence-electron chi connectivity index (χ4n) is 3.66. The molecule has 9 heteroatoms. The Kier molecular flexibility index (Phi) is 8.10. The molecule has 1 heterocycles. The van der Waals surface area contributed by atoms with Gasteiger partial charge in [-0.05, 0) is 63.1 Å². The maximum absolute atomic E-state index is 12.5. The van der Waals surface area contributed by atoms with Gasteiger partial charge >= 0.3 is 11.9 Å². The van der Waals surface area contributed by atoms with E-state index in [0.29, 0.717) is 24.3 Å². The molecule has 35 heavy (non-hydrogen) atoms. The normalized spacial score (nSPS) is 11.4. The first-order chi connectivity index (χ1) is 16.7. The Bertz CT molecular complexity index is 1320. The molecule has 182 valence electrons. The van der Waals surface area contributed by atoms with Gasteiger partial charge in [0.05, 0.1) is 29.4 Å². The lowest BCUT2D eigenvalue weighted by Crippen LogP contribution is -2.17. The molecule has 0 saturated heterocycles. The maximum atomic E-state index is 12.5. The van der Waals surface area contributed by atoms with E-state index in [1.807, 2.05) is 49.9 Å². The molecule has 0 saturated carbocycles. The zero-order valence-corrected chi connectivity index (χ0v) is 20.2. The molecule has 2 N–H and O–H groups in total. The standard InChI is InChI=1S/C26H28N4O5/c1-5-33-23(31)11-8-17-6-9-21(24-20(17)12-13-30(24)4)25(28)29-35-26(32)18-7-10-22(34-16(2)3)19(14-18)15-27/h6-7,9-10,12-14,16H,5,8,11H2,1-4H3,(H2,28,29). The van der Waals surface area contributed by atoms with Crippen molar-refractivity contribution in [3.8, 4) is 11.8 Å². The number of carbonyl (C=O) groups is 2. The summed E-state index contributed by atoms with van der Waals surface area (Å²) >= 11 is 0. The van der Waals surface area contributed by atoms with Crippen LogP contribution in [0.3, 0.4) is 0 Å². The summed E-state index contributed by atoms with van der Waals surface area (Å²) in [5.74, 6) is -0.606. The smallest absolute Gasteiger partial charge is 0.365 e. The van der Waals surface area contributed by atoms with Crippen molar-refractivity contribution in [2.75, 3.05) is 6.61 Å². The fourth-order valence-corrected chi connectivity index (χ4v) is 3.66. The van der Waals surface area contributed by atoms with Crippen LogP contribution in [0.2, 0.25) is 0 Å². The van der Waals surface area contributed by atoms with Crippen LogP contribution in [0.5, 0.6) is 5.75 Å². The summed E-state index contributed by atoms with van der Waals surface area (Å²) in [6, 6.07) is 12.0. The average molecular weight is 477 g/mol. The number of nitrogens with two attached hydrogens (primary N) is 1. The highest BCUT2D eigenvalue weighted by molar-refractivity contribution is 6.09. The van der Waals surface area contributed by atoms with Crippen LogP contribution in [0.1, 0.15) is 54.2 Å². The molecule has 0 bridgehead atoms. The third-order valence-electron chi connectivity index (χ3n) is 5.23. The van der Waals surface area contributed by atoms with Gasteiger partial charge in [-0.25, -0.2) is 4.79 Å². The molecule has 0 spiro atoms. The minimum atomic E-state index is -0.755. The fraction of sp³-hybridized carbons (Fsp3) is 0.308. The van der Waals surface area contributed by atoms with Crippen LogP contribution in [-0.2, 0) is 27.8 Å². The number of ether oxygens (including phenoxy) is 2. The number of hydrogen-bond acceptors (Lipinski definition) is 7. The van der Waals surface area contributed by atoms with Gasteiger partial charge in [0.1, 0.15) is 11.8 Å². The zero-order chi connectivity index (χ0) is 25.5. The van der Waals surface area contributed by atoms with Crippen LogP contribution < -0.4 is 10.5 Å². The second-order valence-corrected chi connectivity index (χ2v) is 8.11. The summed E-state index contributed by atoms with van der Waals surface area (Å²) in [4.78, 5) is 29.4. The molecule has 0 amide bonds. The molecular weight excluding hydrogens is 448 g/mol. The Hall–Kier alpha value is -4.32. The molecule has 0 fully saturated rings. The van der Waals surface area contributed by atoms with Crippen molar-refractivity contribution in [2.24, 2.45) is 17.9 Å². The molecule has 3 aromatic rings. The van der Waals surface area contributed by atoms with E-state index in [9.17, 15) is 14.9 Å². The Balaban J connectivity index is 1.81. The molecule has 0 aliphatic carbocycles. The number of amidine groups is 1. The van der Waals surface area contributed by atoms with E-state index in [2.05, 4.69) is 5.16 Å². The molecule has 1 aromatic heterocycles. The van der Waals surface area contributed by atoms with Gasteiger partial charge in [-0.2, -0.15) is 5.26 Å². The number of fused-ring (bicyclic) bond motifs is 1. The summed E-state index contributed by atoms with van der Waals surface area (Å²) in [5.41, 5.74) is 8.88. The lowest BCUT2D eigenvalue weighted by molar-refractivity contribution is -0.143.